The van der Waals surface area contributed by atoms with E-state index in [0.717, 1.165) is 16.2 Å². The monoisotopic (exact) mass is 468 g/mol. The second-order valence-corrected chi connectivity index (χ2v) is 8.65. The Morgan fingerprint density at radius 1 is 1.22 bits per heavy atom. The summed E-state index contributed by atoms with van der Waals surface area (Å²) in [6.45, 7) is 1.66. The Kier molecular flexibility index (Phi) is 4.83. The summed E-state index contributed by atoms with van der Waals surface area (Å²) in [5.41, 5.74) is 0.357. The van der Waals surface area contributed by atoms with Crippen molar-refractivity contribution in [2.45, 2.75) is 13.0 Å². The minimum atomic E-state index is -1.22. The van der Waals surface area contributed by atoms with E-state index < -0.39 is 29.3 Å². The van der Waals surface area contributed by atoms with Crippen LogP contribution in [0.2, 0.25) is 5.02 Å². The highest BCUT2D eigenvalue weighted by molar-refractivity contribution is 7.22. The minimum absolute atomic E-state index is 0.0498. The number of aryl methyl sites for hydroxylation is 1. The molecular weight excluding hydrogens is 455 g/mol. The molecule has 0 aliphatic carbocycles. The molecule has 0 fully saturated rings. The van der Waals surface area contributed by atoms with Crippen LogP contribution in [0.25, 0.3) is 10.2 Å². The van der Waals surface area contributed by atoms with Crippen molar-refractivity contribution < 1.29 is 23.5 Å². The van der Waals surface area contributed by atoms with Crippen LogP contribution < -0.4 is 4.90 Å². The van der Waals surface area contributed by atoms with Crippen LogP contribution in [0.5, 0.6) is 0 Å². The van der Waals surface area contributed by atoms with E-state index in [2.05, 4.69) is 4.98 Å². The summed E-state index contributed by atoms with van der Waals surface area (Å²) in [6, 6.07) is 12.7. The number of rotatable bonds is 4. The van der Waals surface area contributed by atoms with E-state index in [4.69, 9.17) is 16.0 Å². The Hall–Kier alpha value is -3.49. The number of Topliss-reactive ketones (excluding diaryl/α,β-unsaturated/α-hetero) is 1. The molecule has 1 aliphatic heterocycles. The average molecular weight is 469 g/mol. The van der Waals surface area contributed by atoms with Crippen LogP contribution in [-0.4, -0.2) is 21.8 Å². The van der Waals surface area contributed by atoms with E-state index in [1.807, 2.05) is 0 Å². The zero-order chi connectivity index (χ0) is 22.6. The number of thiazole rings is 1. The molecule has 2 aromatic carbocycles. The number of aliphatic hydroxyl groups excluding tert-OH is 1. The van der Waals surface area contributed by atoms with Crippen LogP contribution in [0.3, 0.4) is 0 Å². The van der Waals surface area contributed by atoms with Gasteiger partial charge in [-0.15, -0.1) is 0 Å². The van der Waals surface area contributed by atoms with Gasteiger partial charge in [0.05, 0.1) is 15.8 Å². The largest absolute Gasteiger partial charge is 0.503 e. The molecule has 1 aliphatic rings. The van der Waals surface area contributed by atoms with Crippen molar-refractivity contribution in [3.05, 3.63) is 93.9 Å². The molecule has 4 aromatic rings. The first-order valence-electron chi connectivity index (χ1n) is 9.53. The number of halogens is 2. The number of benzene rings is 2. The third-order valence-corrected chi connectivity index (χ3v) is 6.41. The molecule has 0 saturated heterocycles. The number of hydrogen-bond acceptors (Lipinski definition) is 6. The van der Waals surface area contributed by atoms with Crippen LogP contribution in [0, 0.1) is 12.7 Å². The number of carbonyl (C=O) groups excluding carboxylic acids is 2. The van der Waals surface area contributed by atoms with Crippen LogP contribution >= 0.6 is 22.9 Å². The summed E-state index contributed by atoms with van der Waals surface area (Å²) in [5, 5.41) is 11.4. The molecule has 32 heavy (non-hydrogen) atoms. The summed E-state index contributed by atoms with van der Waals surface area (Å²) in [7, 11) is 0. The van der Waals surface area contributed by atoms with Gasteiger partial charge in [-0.1, -0.05) is 41.1 Å². The van der Waals surface area contributed by atoms with Gasteiger partial charge in [0.2, 0.25) is 5.78 Å². The first-order chi connectivity index (χ1) is 15.3. The molecule has 2 aromatic heterocycles. The van der Waals surface area contributed by atoms with Crippen molar-refractivity contribution in [2.24, 2.45) is 0 Å². The molecular formula is C23H14ClFN2O4S. The summed E-state index contributed by atoms with van der Waals surface area (Å²) in [5.74, 6) is -2.53. The van der Waals surface area contributed by atoms with E-state index in [9.17, 15) is 19.1 Å². The fourth-order valence-corrected chi connectivity index (χ4v) is 4.97. The molecule has 1 N–H and O–H groups in total. The lowest BCUT2D eigenvalue weighted by Gasteiger charge is -2.24. The Morgan fingerprint density at radius 3 is 2.72 bits per heavy atom. The van der Waals surface area contributed by atoms with Gasteiger partial charge in [-0.3, -0.25) is 14.5 Å². The predicted molar refractivity (Wildman–Crippen MR) is 119 cm³/mol. The van der Waals surface area contributed by atoms with Gasteiger partial charge < -0.3 is 9.52 Å². The second kappa shape index (κ2) is 7.58. The maximum Gasteiger partial charge on any atom is 0.296 e. The lowest BCUT2D eigenvalue weighted by atomic mass is 9.95. The topological polar surface area (TPSA) is 83.6 Å². The van der Waals surface area contributed by atoms with Gasteiger partial charge >= 0.3 is 0 Å². The molecule has 0 bridgehead atoms. The van der Waals surface area contributed by atoms with Crippen molar-refractivity contribution in [1.29, 1.82) is 0 Å². The number of amides is 1. The van der Waals surface area contributed by atoms with Gasteiger partial charge in [0, 0.05) is 10.6 Å². The zero-order valence-corrected chi connectivity index (χ0v) is 18.1. The normalized spacial score (nSPS) is 16.4. The second-order valence-electron chi connectivity index (χ2n) is 7.21. The molecule has 6 nitrogen and oxygen atoms in total. The molecule has 9 heteroatoms. The molecule has 1 amide bonds. The third-order valence-electron chi connectivity index (χ3n) is 5.16. The maximum atomic E-state index is 14.9. The van der Waals surface area contributed by atoms with Crippen molar-refractivity contribution >= 4 is 50.0 Å². The third kappa shape index (κ3) is 3.19. The van der Waals surface area contributed by atoms with Crippen LogP contribution in [0.15, 0.2) is 70.3 Å². The number of carbonyl (C=O) groups is 2. The van der Waals surface area contributed by atoms with Gasteiger partial charge in [0.1, 0.15) is 17.6 Å². The summed E-state index contributed by atoms with van der Waals surface area (Å²) in [4.78, 5) is 32.0. The first kappa shape index (κ1) is 20.4. The van der Waals surface area contributed by atoms with E-state index in [-0.39, 0.29) is 22.0 Å². The standard InChI is InChI=1S/C23H14ClFN2O4S/c1-11-6-9-16(31-11)20(28)18-19(13-4-2-3-5-14(13)25)27(22(30)21(18)29)23-26-15-8-7-12(24)10-17(15)32-23/h2-10,19,29H,1H3. The van der Waals surface area contributed by atoms with Crippen molar-refractivity contribution in [3.63, 3.8) is 0 Å². The average Bonchev–Trinajstić information content (AvgIpc) is 3.44. The highest BCUT2D eigenvalue weighted by atomic mass is 35.5. The molecule has 0 radical (unpaired) electrons. The summed E-state index contributed by atoms with van der Waals surface area (Å²) >= 11 is 7.21. The zero-order valence-electron chi connectivity index (χ0n) is 16.5. The van der Waals surface area contributed by atoms with E-state index >= 15 is 0 Å². The number of furan rings is 1. The Morgan fingerprint density at radius 2 is 2.00 bits per heavy atom. The number of nitrogens with zero attached hydrogens (tertiary/aromatic N) is 2. The van der Waals surface area contributed by atoms with E-state index in [0.29, 0.717) is 21.0 Å². The summed E-state index contributed by atoms with van der Waals surface area (Å²) in [6.07, 6.45) is 0. The number of ketones is 1. The molecule has 5 rings (SSSR count). The highest BCUT2D eigenvalue weighted by Crippen LogP contribution is 2.45. The number of hydrogen-bond donors (Lipinski definition) is 1. The Bertz CT molecular complexity index is 1440. The molecule has 0 saturated carbocycles. The van der Waals surface area contributed by atoms with Crippen molar-refractivity contribution in [1.82, 2.24) is 4.98 Å². The van der Waals surface area contributed by atoms with Gasteiger partial charge in [-0.25, -0.2) is 9.37 Å². The van der Waals surface area contributed by atoms with E-state index in [1.54, 1.807) is 37.3 Å². The van der Waals surface area contributed by atoms with Gasteiger partial charge in [0.25, 0.3) is 5.91 Å². The van der Waals surface area contributed by atoms with Crippen LogP contribution in [0.4, 0.5) is 9.52 Å². The minimum Gasteiger partial charge on any atom is -0.503 e. The number of aliphatic hydroxyl groups is 1. The molecule has 160 valence electrons. The Labute approximate surface area is 190 Å². The fraction of sp³-hybridized carbons (Fsp3) is 0.0870. The maximum absolute atomic E-state index is 14.9. The predicted octanol–water partition coefficient (Wildman–Crippen LogP) is 5.77. The molecule has 1 unspecified atom stereocenters. The van der Waals surface area contributed by atoms with E-state index in [1.165, 1.54) is 24.3 Å². The van der Waals surface area contributed by atoms with Gasteiger partial charge in [-0.2, -0.15) is 0 Å². The molecule has 1 atom stereocenters. The Balaban J connectivity index is 1.70. The quantitative estimate of drug-likeness (QED) is 0.384. The fourth-order valence-electron chi connectivity index (χ4n) is 3.70. The molecule has 3 heterocycles. The first-order valence-corrected chi connectivity index (χ1v) is 10.7. The smallest absolute Gasteiger partial charge is 0.296 e. The molecule has 0 spiro atoms. The number of aromatic nitrogens is 1. The van der Waals surface area contributed by atoms with Crippen molar-refractivity contribution in [3.8, 4) is 0 Å². The van der Waals surface area contributed by atoms with Crippen molar-refractivity contribution in [2.75, 3.05) is 4.90 Å². The SMILES string of the molecule is Cc1ccc(C(=O)C2=C(O)C(=O)N(c3nc4ccc(Cl)cc4s3)C2c2ccccc2F)o1. The number of fused-ring (bicyclic) bond motifs is 1. The lowest BCUT2D eigenvalue weighted by molar-refractivity contribution is -0.117. The van der Waals surface area contributed by atoms with Gasteiger partial charge in [-0.05, 0) is 43.3 Å². The van der Waals surface area contributed by atoms with Crippen LogP contribution in [-0.2, 0) is 4.79 Å². The summed E-state index contributed by atoms with van der Waals surface area (Å²) < 4.78 is 21.0. The highest BCUT2D eigenvalue weighted by Gasteiger charge is 2.47. The van der Waals surface area contributed by atoms with Crippen LogP contribution in [0.1, 0.15) is 27.9 Å². The lowest BCUT2D eigenvalue weighted by Crippen LogP contribution is -2.31. The number of anilines is 1. The van der Waals surface area contributed by atoms with Gasteiger partial charge in [0.15, 0.2) is 16.7 Å².